The van der Waals surface area contributed by atoms with Gasteiger partial charge in [0.2, 0.25) is 0 Å². The summed E-state index contributed by atoms with van der Waals surface area (Å²) in [5, 5.41) is 0. The van der Waals surface area contributed by atoms with Crippen LogP contribution in [0.15, 0.2) is 107 Å². The van der Waals surface area contributed by atoms with E-state index in [-0.39, 0.29) is 0 Å². The molecule has 0 nitrogen and oxygen atoms in total. The second kappa shape index (κ2) is 4.64. The largest absolute Gasteiger partial charge is 0.103 e. The van der Waals surface area contributed by atoms with Crippen LogP contribution in [0.3, 0.4) is 0 Å². The Kier molecular flexibility index (Phi) is 2.58. The molecule has 25 heavy (non-hydrogen) atoms. The third kappa shape index (κ3) is 1.54. The zero-order valence-corrected chi connectivity index (χ0v) is 14.4. The molecule has 0 radical (unpaired) electrons. The quantitative estimate of drug-likeness (QED) is 0.565. The first-order chi connectivity index (χ1) is 12.3. The van der Waals surface area contributed by atoms with E-state index in [0.29, 0.717) is 29.6 Å². The number of hydrogen-bond acceptors (Lipinski definition) is 0. The molecule has 0 saturated heterocycles. The van der Waals surface area contributed by atoms with E-state index in [1.54, 1.807) is 22.3 Å². The standard InChI is InChI=1S/C25H22/c1-3-14-12-15(4-2)23-20-13-18-7-5-6-16-8-9-17-10-11-19(22(14)23)25(20)24(17)21(16)18/h3-5,7-11,13-15,22-24H,1-2,6,12H2. The maximum atomic E-state index is 4.17. The van der Waals surface area contributed by atoms with Crippen molar-refractivity contribution in [3.8, 4) is 0 Å². The van der Waals surface area contributed by atoms with Gasteiger partial charge < -0.3 is 0 Å². The molecule has 0 aromatic carbocycles. The average Bonchev–Trinajstić information content (AvgIpc) is 3.18. The summed E-state index contributed by atoms with van der Waals surface area (Å²) in [5.74, 6) is 2.80. The Labute approximate surface area is 149 Å². The van der Waals surface area contributed by atoms with Crippen molar-refractivity contribution in [2.75, 3.05) is 0 Å². The zero-order chi connectivity index (χ0) is 16.7. The van der Waals surface area contributed by atoms with Crippen molar-refractivity contribution < 1.29 is 0 Å². The normalized spacial score (nSPS) is 38.9. The molecule has 1 fully saturated rings. The number of rotatable bonds is 2. The first-order valence-electron chi connectivity index (χ1n) is 9.53. The van der Waals surface area contributed by atoms with Crippen molar-refractivity contribution in [3.05, 3.63) is 107 Å². The SMILES string of the molecule is C=CC1CC(C=C)C2C3=C4C(=CC=C5C=CC6=C(C(=C3)C=CC6)C54)C12. The van der Waals surface area contributed by atoms with Crippen molar-refractivity contribution in [2.45, 2.75) is 12.8 Å². The molecule has 0 amide bonds. The summed E-state index contributed by atoms with van der Waals surface area (Å²) in [5.41, 5.74) is 10.8. The summed E-state index contributed by atoms with van der Waals surface area (Å²) in [6, 6.07) is 0. The third-order valence-corrected chi connectivity index (χ3v) is 7.25. The Morgan fingerprint density at radius 2 is 1.76 bits per heavy atom. The summed E-state index contributed by atoms with van der Waals surface area (Å²) < 4.78 is 0. The maximum Gasteiger partial charge on any atom is 0.0354 e. The minimum Gasteiger partial charge on any atom is -0.103 e. The average molecular weight is 322 g/mol. The molecular weight excluding hydrogens is 300 g/mol. The lowest BCUT2D eigenvalue weighted by atomic mass is 9.66. The third-order valence-electron chi connectivity index (χ3n) is 7.25. The molecule has 0 heteroatoms. The lowest BCUT2D eigenvalue weighted by Gasteiger charge is -2.37. The molecule has 1 saturated carbocycles. The molecule has 0 heterocycles. The highest BCUT2D eigenvalue weighted by molar-refractivity contribution is 5.73. The lowest BCUT2D eigenvalue weighted by molar-refractivity contribution is 0.459. The molecule has 6 aliphatic rings. The van der Waals surface area contributed by atoms with Crippen molar-refractivity contribution in [2.24, 2.45) is 29.6 Å². The fourth-order valence-electron chi connectivity index (χ4n) is 6.32. The highest BCUT2D eigenvalue weighted by Gasteiger charge is 2.53. The van der Waals surface area contributed by atoms with Gasteiger partial charge in [-0.2, -0.15) is 0 Å². The smallest absolute Gasteiger partial charge is 0.0354 e. The summed E-state index contributed by atoms with van der Waals surface area (Å²) in [4.78, 5) is 0. The Morgan fingerprint density at radius 3 is 2.60 bits per heavy atom. The minimum absolute atomic E-state index is 0.474. The van der Waals surface area contributed by atoms with Gasteiger partial charge in [0.25, 0.3) is 0 Å². The molecule has 0 aliphatic heterocycles. The van der Waals surface area contributed by atoms with Gasteiger partial charge in [-0.3, -0.25) is 0 Å². The molecule has 0 bridgehead atoms. The van der Waals surface area contributed by atoms with Gasteiger partial charge in [0.1, 0.15) is 0 Å². The molecule has 0 spiro atoms. The number of fused-ring (bicyclic) bond motifs is 3. The van der Waals surface area contributed by atoms with Crippen LogP contribution in [0.2, 0.25) is 0 Å². The van der Waals surface area contributed by atoms with Crippen LogP contribution < -0.4 is 0 Å². The van der Waals surface area contributed by atoms with Crippen LogP contribution in [0.25, 0.3) is 0 Å². The maximum absolute atomic E-state index is 4.17. The van der Waals surface area contributed by atoms with Crippen molar-refractivity contribution in [1.29, 1.82) is 0 Å². The van der Waals surface area contributed by atoms with E-state index in [2.05, 4.69) is 67.8 Å². The number of allylic oxidation sites excluding steroid dienone is 16. The van der Waals surface area contributed by atoms with Gasteiger partial charge in [0.05, 0.1) is 0 Å². The second-order valence-electron chi connectivity index (χ2n) is 8.16. The topological polar surface area (TPSA) is 0 Å². The lowest BCUT2D eigenvalue weighted by Crippen LogP contribution is -2.23. The van der Waals surface area contributed by atoms with Gasteiger partial charge in [0.15, 0.2) is 0 Å². The van der Waals surface area contributed by atoms with Gasteiger partial charge in [-0.25, -0.2) is 0 Å². The van der Waals surface area contributed by atoms with Gasteiger partial charge in [-0.05, 0) is 75.5 Å². The van der Waals surface area contributed by atoms with E-state index >= 15 is 0 Å². The van der Waals surface area contributed by atoms with Crippen LogP contribution in [0, 0.1) is 29.6 Å². The predicted octanol–water partition coefficient (Wildman–Crippen LogP) is 5.79. The van der Waals surface area contributed by atoms with Gasteiger partial charge in [0, 0.05) is 5.92 Å². The van der Waals surface area contributed by atoms with Gasteiger partial charge in [-0.15, -0.1) is 13.2 Å². The summed E-state index contributed by atoms with van der Waals surface area (Å²) in [7, 11) is 0. The van der Waals surface area contributed by atoms with Crippen LogP contribution in [0.1, 0.15) is 12.8 Å². The van der Waals surface area contributed by atoms with E-state index < -0.39 is 0 Å². The molecule has 0 N–H and O–H groups in total. The molecular formula is C25H22. The summed E-state index contributed by atoms with van der Waals surface area (Å²) in [6.45, 7) is 8.33. The fraction of sp³-hybridized carbons (Fsp3) is 0.280. The van der Waals surface area contributed by atoms with E-state index in [9.17, 15) is 0 Å². The fourth-order valence-corrected chi connectivity index (χ4v) is 6.32. The van der Waals surface area contributed by atoms with Crippen molar-refractivity contribution in [3.63, 3.8) is 0 Å². The van der Waals surface area contributed by atoms with Crippen LogP contribution >= 0.6 is 0 Å². The van der Waals surface area contributed by atoms with E-state index in [1.807, 2.05) is 0 Å². The molecule has 0 aromatic rings. The minimum atomic E-state index is 0.474. The van der Waals surface area contributed by atoms with E-state index in [0.717, 1.165) is 6.42 Å². The number of hydrogen-bond donors (Lipinski definition) is 0. The molecule has 5 unspecified atom stereocenters. The Balaban J connectivity index is 1.64. The first-order valence-corrected chi connectivity index (χ1v) is 9.53. The Morgan fingerprint density at radius 1 is 0.920 bits per heavy atom. The molecule has 5 atom stereocenters. The first kappa shape index (κ1) is 13.9. The molecule has 0 aromatic heterocycles. The van der Waals surface area contributed by atoms with Crippen LogP contribution in [0.4, 0.5) is 0 Å². The van der Waals surface area contributed by atoms with E-state index in [1.165, 1.54) is 23.1 Å². The van der Waals surface area contributed by atoms with Crippen LogP contribution in [0.5, 0.6) is 0 Å². The second-order valence-corrected chi connectivity index (χ2v) is 8.16. The Hall–Kier alpha value is -2.34. The zero-order valence-electron chi connectivity index (χ0n) is 14.4. The van der Waals surface area contributed by atoms with E-state index in [4.69, 9.17) is 0 Å². The molecule has 122 valence electrons. The highest BCUT2D eigenvalue weighted by atomic mass is 14.6. The Bertz CT molecular complexity index is 950. The van der Waals surface area contributed by atoms with Crippen LogP contribution in [-0.4, -0.2) is 0 Å². The van der Waals surface area contributed by atoms with Gasteiger partial charge >= 0.3 is 0 Å². The van der Waals surface area contributed by atoms with Gasteiger partial charge in [-0.1, -0.05) is 54.7 Å². The van der Waals surface area contributed by atoms with Crippen molar-refractivity contribution in [1.82, 2.24) is 0 Å². The van der Waals surface area contributed by atoms with Crippen LogP contribution in [-0.2, 0) is 0 Å². The van der Waals surface area contributed by atoms with Crippen molar-refractivity contribution >= 4 is 0 Å². The monoisotopic (exact) mass is 322 g/mol. The molecule has 6 rings (SSSR count). The molecule has 6 aliphatic carbocycles. The summed E-state index contributed by atoms with van der Waals surface area (Å²) >= 11 is 0. The predicted molar refractivity (Wildman–Crippen MR) is 104 cm³/mol. The summed E-state index contributed by atoms with van der Waals surface area (Å²) in [6.07, 6.45) is 23.4. The highest BCUT2D eigenvalue weighted by Crippen LogP contribution is 2.63.